The molecular weight excluding hydrogens is 220 g/mol. The summed E-state index contributed by atoms with van der Waals surface area (Å²) >= 11 is 0. The monoisotopic (exact) mass is 252 g/mol. The quantitative estimate of drug-likeness (QED) is 0.831. The fourth-order valence-electron chi connectivity index (χ4n) is 4.15. The van der Waals surface area contributed by atoms with Crippen LogP contribution in [-0.2, 0) is 0 Å². The third kappa shape index (κ3) is 3.08. The number of rotatable bonds is 4. The predicted molar refractivity (Wildman–Crippen MR) is 78.6 cm³/mol. The number of nitrogens with zero attached hydrogens (tertiary/aromatic N) is 1. The van der Waals surface area contributed by atoms with E-state index in [0.29, 0.717) is 6.04 Å². The Hall–Kier alpha value is -0.0800. The van der Waals surface area contributed by atoms with E-state index in [1.807, 2.05) is 0 Å². The van der Waals surface area contributed by atoms with Crippen LogP contribution in [0.4, 0.5) is 0 Å². The van der Waals surface area contributed by atoms with E-state index in [-0.39, 0.29) is 0 Å². The molecule has 2 rings (SSSR count). The summed E-state index contributed by atoms with van der Waals surface area (Å²) in [5.41, 5.74) is 6.73. The summed E-state index contributed by atoms with van der Waals surface area (Å²) in [5, 5.41) is 0. The largest absolute Gasteiger partial charge is 0.329 e. The summed E-state index contributed by atoms with van der Waals surface area (Å²) < 4.78 is 0. The molecule has 2 N–H and O–H groups in total. The van der Waals surface area contributed by atoms with Gasteiger partial charge in [0.15, 0.2) is 0 Å². The van der Waals surface area contributed by atoms with Crippen LogP contribution >= 0.6 is 0 Å². The van der Waals surface area contributed by atoms with Crippen LogP contribution in [0.5, 0.6) is 0 Å². The zero-order valence-corrected chi connectivity index (χ0v) is 12.5. The Bertz CT molecular complexity index is 235. The van der Waals surface area contributed by atoms with Gasteiger partial charge in [0.2, 0.25) is 0 Å². The summed E-state index contributed by atoms with van der Waals surface area (Å²) in [5.74, 6) is 0.746. The molecule has 2 heteroatoms. The van der Waals surface area contributed by atoms with Crippen LogP contribution in [-0.4, -0.2) is 30.6 Å². The molecule has 1 spiro atoms. The normalized spacial score (nSPS) is 28.2. The van der Waals surface area contributed by atoms with Crippen molar-refractivity contribution in [1.29, 1.82) is 0 Å². The Morgan fingerprint density at radius 1 is 1.06 bits per heavy atom. The highest BCUT2D eigenvalue weighted by Gasteiger charge is 2.37. The van der Waals surface area contributed by atoms with Gasteiger partial charge in [0.25, 0.3) is 0 Å². The van der Waals surface area contributed by atoms with Crippen LogP contribution in [0.15, 0.2) is 0 Å². The highest BCUT2D eigenvalue weighted by Crippen LogP contribution is 2.44. The van der Waals surface area contributed by atoms with Crippen molar-refractivity contribution in [3.8, 4) is 0 Å². The molecule has 2 aliphatic rings. The SMILES string of the molecule is CCC(C)C(CN)N1CCC2(CCCCC2)CC1. The van der Waals surface area contributed by atoms with E-state index in [0.717, 1.165) is 17.9 Å². The Balaban J connectivity index is 1.88. The molecule has 1 saturated heterocycles. The van der Waals surface area contributed by atoms with E-state index >= 15 is 0 Å². The molecule has 0 radical (unpaired) electrons. The van der Waals surface area contributed by atoms with Gasteiger partial charge in [-0.2, -0.15) is 0 Å². The fourth-order valence-corrected chi connectivity index (χ4v) is 4.15. The van der Waals surface area contributed by atoms with Crippen LogP contribution in [0, 0.1) is 11.3 Å². The molecule has 0 bridgehead atoms. The van der Waals surface area contributed by atoms with Crippen molar-refractivity contribution in [1.82, 2.24) is 4.90 Å². The third-order valence-electron chi connectivity index (χ3n) is 5.78. The van der Waals surface area contributed by atoms with Crippen LogP contribution < -0.4 is 5.73 Å². The molecule has 2 fully saturated rings. The number of likely N-dealkylation sites (tertiary alicyclic amines) is 1. The summed E-state index contributed by atoms with van der Waals surface area (Å²) in [4.78, 5) is 2.69. The van der Waals surface area contributed by atoms with E-state index in [1.54, 1.807) is 0 Å². The first kappa shape index (κ1) is 14.3. The van der Waals surface area contributed by atoms with Gasteiger partial charge in [-0.1, -0.05) is 39.5 Å². The molecule has 2 atom stereocenters. The highest BCUT2D eigenvalue weighted by molar-refractivity contribution is 4.91. The lowest BCUT2D eigenvalue weighted by molar-refractivity contribution is 0.0327. The molecular formula is C16H32N2. The molecule has 106 valence electrons. The maximum absolute atomic E-state index is 6.01. The number of hydrogen-bond donors (Lipinski definition) is 1. The highest BCUT2D eigenvalue weighted by atomic mass is 15.2. The number of nitrogens with two attached hydrogens (primary N) is 1. The predicted octanol–water partition coefficient (Wildman–Crippen LogP) is 3.41. The van der Waals surface area contributed by atoms with Gasteiger partial charge in [0.1, 0.15) is 0 Å². The molecule has 0 amide bonds. The molecule has 0 aromatic rings. The van der Waals surface area contributed by atoms with Crippen molar-refractivity contribution < 1.29 is 0 Å². The Kier molecular flexibility index (Phi) is 5.08. The second-order valence-corrected chi connectivity index (χ2v) is 6.79. The zero-order chi connectivity index (χ0) is 13.0. The number of hydrogen-bond acceptors (Lipinski definition) is 2. The summed E-state index contributed by atoms with van der Waals surface area (Å²) in [7, 11) is 0. The molecule has 0 aromatic heterocycles. The molecule has 18 heavy (non-hydrogen) atoms. The molecule has 1 heterocycles. The van der Waals surface area contributed by atoms with E-state index in [4.69, 9.17) is 5.73 Å². The lowest BCUT2D eigenvalue weighted by atomic mass is 9.68. The maximum atomic E-state index is 6.01. The van der Waals surface area contributed by atoms with E-state index < -0.39 is 0 Å². The molecule has 1 saturated carbocycles. The molecule has 1 aliphatic carbocycles. The first-order valence-corrected chi connectivity index (χ1v) is 8.15. The Morgan fingerprint density at radius 2 is 1.67 bits per heavy atom. The van der Waals surface area contributed by atoms with Crippen molar-refractivity contribution in [3.63, 3.8) is 0 Å². The Labute approximate surface area is 113 Å². The lowest BCUT2D eigenvalue weighted by Gasteiger charge is -2.47. The second-order valence-electron chi connectivity index (χ2n) is 6.79. The summed E-state index contributed by atoms with van der Waals surface area (Å²) in [6.45, 7) is 8.09. The van der Waals surface area contributed by atoms with Gasteiger partial charge in [-0.05, 0) is 50.1 Å². The summed E-state index contributed by atoms with van der Waals surface area (Å²) in [6.07, 6.45) is 11.5. The standard InChI is InChI=1S/C16H32N2/c1-3-14(2)15(13-17)18-11-9-16(10-12-18)7-5-4-6-8-16/h14-15H,3-13,17H2,1-2H3. The van der Waals surface area contributed by atoms with Gasteiger partial charge >= 0.3 is 0 Å². The number of piperidine rings is 1. The minimum Gasteiger partial charge on any atom is -0.329 e. The van der Waals surface area contributed by atoms with Gasteiger partial charge in [-0.15, -0.1) is 0 Å². The topological polar surface area (TPSA) is 29.3 Å². The van der Waals surface area contributed by atoms with Gasteiger partial charge in [-0.3, -0.25) is 4.90 Å². The van der Waals surface area contributed by atoms with Gasteiger partial charge in [0.05, 0.1) is 0 Å². The van der Waals surface area contributed by atoms with E-state index in [9.17, 15) is 0 Å². The van der Waals surface area contributed by atoms with Crippen LogP contribution in [0.2, 0.25) is 0 Å². The molecule has 1 aliphatic heterocycles. The molecule has 2 nitrogen and oxygen atoms in total. The van der Waals surface area contributed by atoms with Crippen molar-refractivity contribution in [3.05, 3.63) is 0 Å². The first-order chi connectivity index (χ1) is 8.71. The summed E-state index contributed by atoms with van der Waals surface area (Å²) in [6, 6.07) is 0.621. The smallest absolute Gasteiger partial charge is 0.0243 e. The van der Waals surface area contributed by atoms with Gasteiger partial charge in [0, 0.05) is 12.6 Å². The van der Waals surface area contributed by atoms with Gasteiger partial charge < -0.3 is 5.73 Å². The van der Waals surface area contributed by atoms with E-state index in [2.05, 4.69) is 18.7 Å². The van der Waals surface area contributed by atoms with Crippen molar-refractivity contribution in [2.75, 3.05) is 19.6 Å². The first-order valence-electron chi connectivity index (χ1n) is 8.15. The second kappa shape index (κ2) is 6.38. The minimum absolute atomic E-state index is 0.621. The van der Waals surface area contributed by atoms with E-state index in [1.165, 1.54) is 64.5 Å². The maximum Gasteiger partial charge on any atom is 0.0243 e. The van der Waals surface area contributed by atoms with Gasteiger partial charge in [-0.25, -0.2) is 0 Å². The minimum atomic E-state index is 0.621. The average molecular weight is 252 g/mol. The molecule has 0 aromatic carbocycles. The van der Waals surface area contributed by atoms with Crippen molar-refractivity contribution in [2.45, 2.75) is 71.3 Å². The average Bonchev–Trinajstić information content (AvgIpc) is 2.42. The zero-order valence-electron chi connectivity index (χ0n) is 12.5. The van der Waals surface area contributed by atoms with Crippen molar-refractivity contribution in [2.24, 2.45) is 17.1 Å². The fraction of sp³-hybridized carbons (Fsp3) is 1.00. The lowest BCUT2D eigenvalue weighted by Crippen LogP contribution is -2.50. The Morgan fingerprint density at radius 3 is 2.17 bits per heavy atom. The third-order valence-corrected chi connectivity index (χ3v) is 5.78. The van der Waals surface area contributed by atoms with Crippen LogP contribution in [0.3, 0.4) is 0 Å². The van der Waals surface area contributed by atoms with Crippen LogP contribution in [0.1, 0.15) is 65.2 Å². The molecule has 2 unspecified atom stereocenters. The van der Waals surface area contributed by atoms with Crippen molar-refractivity contribution >= 4 is 0 Å². The van der Waals surface area contributed by atoms with Crippen LogP contribution in [0.25, 0.3) is 0 Å².